The zero-order chi connectivity index (χ0) is 11.4. The number of nitrogens with zero attached hydrogens (tertiary/aromatic N) is 1. The van der Waals surface area contributed by atoms with Gasteiger partial charge < -0.3 is 10.6 Å². The van der Waals surface area contributed by atoms with E-state index in [-0.39, 0.29) is 11.9 Å². The Kier molecular flexibility index (Phi) is 4.18. The highest BCUT2D eigenvalue weighted by atomic mass is 16.2. The predicted molar refractivity (Wildman–Crippen MR) is 64.3 cm³/mol. The highest BCUT2D eigenvalue weighted by molar-refractivity contribution is 5.81. The first-order chi connectivity index (χ1) is 7.81. The fourth-order valence-electron chi connectivity index (χ4n) is 2.90. The number of hydrogen-bond acceptors (Lipinski definition) is 3. The van der Waals surface area contributed by atoms with E-state index < -0.39 is 0 Å². The minimum absolute atomic E-state index is 0.139. The molecule has 1 atom stereocenters. The van der Waals surface area contributed by atoms with Crippen molar-refractivity contribution in [1.29, 1.82) is 0 Å². The van der Waals surface area contributed by atoms with Crippen molar-refractivity contribution in [3.05, 3.63) is 0 Å². The summed E-state index contributed by atoms with van der Waals surface area (Å²) in [4.78, 5) is 14.1. The molecule has 2 aliphatic heterocycles. The number of rotatable bonds is 3. The van der Waals surface area contributed by atoms with Gasteiger partial charge in [-0.25, -0.2) is 0 Å². The van der Waals surface area contributed by atoms with E-state index in [1.54, 1.807) is 7.05 Å². The fourth-order valence-corrected chi connectivity index (χ4v) is 2.90. The molecule has 0 aromatic heterocycles. The lowest BCUT2D eigenvalue weighted by molar-refractivity contribution is -0.125. The normalized spacial score (nSPS) is 28.2. The van der Waals surface area contributed by atoms with Crippen molar-refractivity contribution in [2.75, 3.05) is 33.2 Å². The summed E-state index contributed by atoms with van der Waals surface area (Å²) in [6.07, 6.45) is 4.72. The summed E-state index contributed by atoms with van der Waals surface area (Å²) < 4.78 is 0. The Morgan fingerprint density at radius 3 is 2.81 bits per heavy atom. The Morgan fingerprint density at radius 2 is 2.12 bits per heavy atom. The number of likely N-dealkylation sites (N-methyl/N-ethyl adjacent to an activating group) is 1. The molecule has 16 heavy (non-hydrogen) atoms. The van der Waals surface area contributed by atoms with Crippen LogP contribution in [0.1, 0.15) is 25.7 Å². The molecular formula is C12H23N3O. The predicted octanol–water partition coefficient (Wildman–Crippen LogP) is 0.196. The van der Waals surface area contributed by atoms with Crippen LogP contribution < -0.4 is 10.6 Å². The molecule has 0 bridgehead atoms. The van der Waals surface area contributed by atoms with Crippen LogP contribution in [0.25, 0.3) is 0 Å². The molecule has 2 fully saturated rings. The van der Waals surface area contributed by atoms with Crippen molar-refractivity contribution in [2.45, 2.75) is 31.7 Å². The molecule has 92 valence electrons. The van der Waals surface area contributed by atoms with Crippen molar-refractivity contribution in [2.24, 2.45) is 5.92 Å². The van der Waals surface area contributed by atoms with Gasteiger partial charge in [0, 0.05) is 13.6 Å². The Morgan fingerprint density at radius 1 is 1.38 bits per heavy atom. The standard InChI is InChI=1S/C12H23N3O/c1-13-12(16)11-3-2-8-15(11)9-10-4-6-14-7-5-10/h10-11,14H,2-9H2,1H3,(H,13,16). The lowest BCUT2D eigenvalue weighted by atomic mass is 9.97. The van der Waals surface area contributed by atoms with Crippen LogP contribution in [0, 0.1) is 5.92 Å². The van der Waals surface area contributed by atoms with Gasteiger partial charge in [0.15, 0.2) is 0 Å². The van der Waals surface area contributed by atoms with E-state index in [2.05, 4.69) is 15.5 Å². The molecular weight excluding hydrogens is 202 g/mol. The highest BCUT2D eigenvalue weighted by Crippen LogP contribution is 2.22. The van der Waals surface area contributed by atoms with Gasteiger partial charge in [0.05, 0.1) is 6.04 Å². The third-order valence-corrected chi connectivity index (χ3v) is 3.86. The molecule has 0 spiro atoms. The number of likely N-dealkylation sites (tertiary alicyclic amines) is 1. The van der Waals surface area contributed by atoms with Crippen LogP contribution in [0.15, 0.2) is 0 Å². The van der Waals surface area contributed by atoms with E-state index in [4.69, 9.17) is 0 Å². The zero-order valence-electron chi connectivity index (χ0n) is 10.2. The van der Waals surface area contributed by atoms with Crippen molar-refractivity contribution < 1.29 is 4.79 Å². The van der Waals surface area contributed by atoms with Crippen LogP contribution >= 0.6 is 0 Å². The molecule has 0 saturated carbocycles. The van der Waals surface area contributed by atoms with Gasteiger partial charge in [-0.2, -0.15) is 0 Å². The fraction of sp³-hybridized carbons (Fsp3) is 0.917. The summed E-state index contributed by atoms with van der Waals surface area (Å²) >= 11 is 0. The number of nitrogens with one attached hydrogen (secondary N) is 2. The Balaban J connectivity index is 1.85. The van der Waals surface area contributed by atoms with Gasteiger partial charge in [-0.1, -0.05) is 0 Å². The van der Waals surface area contributed by atoms with Crippen molar-refractivity contribution in [1.82, 2.24) is 15.5 Å². The molecule has 0 aromatic rings. The van der Waals surface area contributed by atoms with Gasteiger partial charge in [0.2, 0.25) is 5.91 Å². The summed E-state index contributed by atoms with van der Waals surface area (Å²) in [6, 6.07) is 0.139. The van der Waals surface area contributed by atoms with Gasteiger partial charge in [-0.05, 0) is 51.2 Å². The molecule has 1 unspecified atom stereocenters. The summed E-state index contributed by atoms with van der Waals surface area (Å²) in [5.41, 5.74) is 0. The third-order valence-electron chi connectivity index (χ3n) is 3.86. The number of carbonyl (C=O) groups is 1. The third kappa shape index (κ3) is 2.74. The van der Waals surface area contributed by atoms with Crippen molar-refractivity contribution >= 4 is 5.91 Å². The molecule has 0 aromatic carbocycles. The molecule has 2 N–H and O–H groups in total. The van der Waals surface area contributed by atoms with E-state index in [0.29, 0.717) is 0 Å². The second-order valence-electron chi connectivity index (χ2n) is 4.96. The SMILES string of the molecule is CNC(=O)C1CCCN1CC1CCNCC1. The minimum Gasteiger partial charge on any atom is -0.358 e. The monoisotopic (exact) mass is 225 g/mol. The Labute approximate surface area is 97.8 Å². The lowest BCUT2D eigenvalue weighted by Gasteiger charge is -2.30. The van der Waals surface area contributed by atoms with Gasteiger partial charge in [-0.15, -0.1) is 0 Å². The topological polar surface area (TPSA) is 44.4 Å². The number of carbonyl (C=O) groups excluding carboxylic acids is 1. The molecule has 4 nitrogen and oxygen atoms in total. The maximum absolute atomic E-state index is 11.7. The summed E-state index contributed by atoms with van der Waals surface area (Å²) in [5.74, 6) is 0.984. The van der Waals surface area contributed by atoms with Gasteiger partial charge >= 0.3 is 0 Å². The highest BCUT2D eigenvalue weighted by Gasteiger charge is 2.31. The first kappa shape index (κ1) is 11.9. The summed E-state index contributed by atoms with van der Waals surface area (Å²) in [7, 11) is 1.74. The van der Waals surface area contributed by atoms with E-state index >= 15 is 0 Å². The molecule has 2 rings (SSSR count). The van der Waals surface area contributed by atoms with E-state index in [1.807, 2.05) is 0 Å². The average Bonchev–Trinajstić information content (AvgIpc) is 2.77. The first-order valence-corrected chi connectivity index (χ1v) is 6.47. The van der Waals surface area contributed by atoms with E-state index in [0.717, 1.165) is 38.5 Å². The second kappa shape index (κ2) is 5.64. The lowest BCUT2D eigenvalue weighted by Crippen LogP contribution is -2.45. The van der Waals surface area contributed by atoms with E-state index in [1.165, 1.54) is 19.3 Å². The maximum Gasteiger partial charge on any atom is 0.237 e. The van der Waals surface area contributed by atoms with Gasteiger partial charge in [0.1, 0.15) is 0 Å². The van der Waals surface area contributed by atoms with Gasteiger partial charge in [-0.3, -0.25) is 9.69 Å². The summed E-state index contributed by atoms with van der Waals surface area (Å²) in [5, 5.41) is 6.17. The second-order valence-corrected chi connectivity index (χ2v) is 4.96. The van der Waals surface area contributed by atoms with E-state index in [9.17, 15) is 4.79 Å². The van der Waals surface area contributed by atoms with Crippen LogP contribution in [0.4, 0.5) is 0 Å². The molecule has 1 amide bonds. The largest absolute Gasteiger partial charge is 0.358 e. The maximum atomic E-state index is 11.7. The van der Waals surface area contributed by atoms with Crippen molar-refractivity contribution in [3.8, 4) is 0 Å². The van der Waals surface area contributed by atoms with Crippen molar-refractivity contribution in [3.63, 3.8) is 0 Å². The summed E-state index contributed by atoms with van der Waals surface area (Å²) in [6.45, 7) is 4.49. The average molecular weight is 225 g/mol. The smallest absolute Gasteiger partial charge is 0.237 e. The first-order valence-electron chi connectivity index (χ1n) is 6.47. The molecule has 2 saturated heterocycles. The number of hydrogen-bond donors (Lipinski definition) is 2. The molecule has 4 heteroatoms. The van der Waals surface area contributed by atoms with Gasteiger partial charge in [0.25, 0.3) is 0 Å². The van der Waals surface area contributed by atoms with Crippen LogP contribution in [0.3, 0.4) is 0 Å². The Bertz CT molecular complexity index is 238. The van der Waals surface area contributed by atoms with Crippen LogP contribution in [-0.4, -0.2) is 50.1 Å². The van der Waals surface area contributed by atoms with Crippen LogP contribution in [-0.2, 0) is 4.79 Å². The minimum atomic E-state index is 0.139. The van der Waals surface area contributed by atoms with Crippen LogP contribution in [0.2, 0.25) is 0 Å². The Hall–Kier alpha value is -0.610. The molecule has 0 aliphatic carbocycles. The zero-order valence-corrected chi connectivity index (χ0v) is 10.2. The molecule has 2 aliphatic rings. The number of piperidine rings is 1. The quantitative estimate of drug-likeness (QED) is 0.721. The number of amides is 1. The molecule has 0 radical (unpaired) electrons. The van der Waals surface area contributed by atoms with Crippen LogP contribution in [0.5, 0.6) is 0 Å². The molecule has 2 heterocycles.